The Bertz CT molecular complexity index is 1040. The van der Waals surface area contributed by atoms with Crippen molar-refractivity contribution in [2.45, 2.75) is 32.9 Å². The van der Waals surface area contributed by atoms with E-state index in [0.29, 0.717) is 37.3 Å². The summed E-state index contributed by atoms with van der Waals surface area (Å²) in [7, 11) is 0. The van der Waals surface area contributed by atoms with Crippen LogP contribution in [0.4, 0.5) is 0 Å². The van der Waals surface area contributed by atoms with E-state index in [4.69, 9.17) is 14.6 Å². The second-order valence-corrected chi connectivity index (χ2v) is 6.64. The highest BCUT2D eigenvalue weighted by Crippen LogP contribution is 2.15. The molecule has 0 aliphatic carbocycles. The highest BCUT2D eigenvalue weighted by atomic mass is 16.5. The van der Waals surface area contributed by atoms with Crippen LogP contribution in [0, 0.1) is 6.92 Å². The molecule has 0 amide bonds. The summed E-state index contributed by atoms with van der Waals surface area (Å²) in [5.41, 5.74) is 1.51. The van der Waals surface area contributed by atoms with Crippen molar-refractivity contribution in [3.8, 4) is 5.75 Å². The Balaban J connectivity index is 1.61. The molecule has 1 heterocycles. The average Bonchev–Trinajstić information content (AvgIpc) is 2.72. The second-order valence-electron chi connectivity index (χ2n) is 6.64. The minimum atomic E-state index is -0.976. The van der Waals surface area contributed by atoms with Crippen LogP contribution in [0.5, 0.6) is 5.75 Å². The number of aromatic nitrogens is 2. The number of ether oxygens (including phenoxy) is 2. The molecule has 0 saturated carbocycles. The Labute approximate surface area is 168 Å². The van der Waals surface area contributed by atoms with Crippen molar-refractivity contribution in [1.82, 2.24) is 9.78 Å². The van der Waals surface area contributed by atoms with Gasteiger partial charge in [-0.3, -0.25) is 4.79 Å². The maximum absolute atomic E-state index is 12.6. The highest BCUT2D eigenvalue weighted by Gasteiger charge is 2.17. The smallest absolute Gasteiger partial charge is 0.333 e. The second kappa shape index (κ2) is 9.34. The molecule has 1 aromatic heterocycles. The van der Waals surface area contributed by atoms with Crippen LogP contribution >= 0.6 is 0 Å². The zero-order valence-corrected chi connectivity index (χ0v) is 16.5. The van der Waals surface area contributed by atoms with Gasteiger partial charge in [0.2, 0.25) is 0 Å². The van der Waals surface area contributed by atoms with Crippen LogP contribution in [0.25, 0.3) is 10.8 Å². The van der Waals surface area contributed by atoms with Gasteiger partial charge >= 0.3 is 5.97 Å². The van der Waals surface area contributed by atoms with Crippen molar-refractivity contribution in [2.24, 2.45) is 0 Å². The molecule has 3 rings (SSSR count). The maximum Gasteiger partial charge on any atom is 0.333 e. The van der Waals surface area contributed by atoms with E-state index in [1.54, 1.807) is 25.1 Å². The Morgan fingerprint density at radius 3 is 2.48 bits per heavy atom. The Kier molecular flexibility index (Phi) is 6.61. The molecule has 0 aliphatic heterocycles. The first-order valence-corrected chi connectivity index (χ1v) is 9.52. The van der Waals surface area contributed by atoms with E-state index < -0.39 is 12.1 Å². The molecule has 0 spiro atoms. The van der Waals surface area contributed by atoms with Gasteiger partial charge in [-0.1, -0.05) is 30.3 Å². The van der Waals surface area contributed by atoms with E-state index in [-0.39, 0.29) is 5.56 Å². The molecule has 29 heavy (non-hydrogen) atoms. The van der Waals surface area contributed by atoms with Crippen molar-refractivity contribution >= 4 is 16.7 Å². The molecule has 3 aromatic rings. The Morgan fingerprint density at radius 2 is 1.83 bits per heavy atom. The van der Waals surface area contributed by atoms with Crippen molar-refractivity contribution in [1.29, 1.82) is 0 Å². The van der Waals surface area contributed by atoms with Crippen LogP contribution < -0.4 is 10.3 Å². The lowest BCUT2D eigenvalue weighted by molar-refractivity contribution is -0.149. The first kappa shape index (κ1) is 20.5. The summed E-state index contributed by atoms with van der Waals surface area (Å²) in [6.45, 7) is 4.62. The first-order chi connectivity index (χ1) is 14.0. The summed E-state index contributed by atoms with van der Waals surface area (Å²) in [5.74, 6) is -0.335. The summed E-state index contributed by atoms with van der Waals surface area (Å²) in [4.78, 5) is 23.8. The Morgan fingerprint density at radius 1 is 1.14 bits per heavy atom. The molecule has 7 nitrogen and oxygen atoms in total. The van der Waals surface area contributed by atoms with Crippen LogP contribution in [0.1, 0.15) is 18.2 Å². The van der Waals surface area contributed by atoms with Gasteiger partial charge in [0.25, 0.3) is 5.56 Å². The number of rotatable bonds is 9. The lowest BCUT2D eigenvalue weighted by atomic mass is 10.1. The SMILES string of the molecule is CCO[C@H](Cc1ccc(OCCn2nc(C)c3ccccc3c2=O)cc1)C(=O)O. The molecule has 0 radical (unpaired) electrons. The van der Waals surface area contributed by atoms with Gasteiger partial charge in [0, 0.05) is 18.4 Å². The van der Waals surface area contributed by atoms with Crippen molar-refractivity contribution < 1.29 is 19.4 Å². The van der Waals surface area contributed by atoms with E-state index in [2.05, 4.69) is 5.10 Å². The van der Waals surface area contributed by atoms with Gasteiger partial charge in [-0.25, -0.2) is 9.48 Å². The molecule has 0 aliphatic rings. The van der Waals surface area contributed by atoms with Gasteiger partial charge in [0.15, 0.2) is 6.10 Å². The fourth-order valence-electron chi connectivity index (χ4n) is 3.16. The summed E-state index contributed by atoms with van der Waals surface area (Å²) >= 11 is 0. The number of carboxylic acid groups (broad SMARTS) is 1. The number of carboxylic acids is 1. The molecular weight excluding hydrogens is 372 g/mol. The molecule has 0 fully saturated rings. The third kappa shape index (κ3) is 5.00. The van der Waals surface area contributed by atoms with Crippen LogP contribution in [-0.4, -0.2) is 40.2 Å². The third-order valence-corrected chi connectivity index (χ3v) is 4.61. The van der Waals surface area contributed by atoms with E-state index in [1.807, 2.05) is 37.3 Å². The maximum atomic E-state index is 12.6. The average molecular weight is 396 g/mol. The van der Waals surface area contributed by atoms with E-state index in [0.717, 1.165) is 16.6 Å². The zero-order valence-electron chi connectivity index (χ0n) is 16.5. The molecular formula is C22H24N2O5. The molecule has 0 unspecified atom stereocenters. The summed E-state index contributed by atoms with van der Waals surface area (Å²) in [6.07, 6.45) is -0.570. The first-order valence-electron chi connectivity index (χ1n) is 9.52. The van der Waals surface area contributed by atoms with Gasteiger partial charge in [0.05, 0.1) is 17.6 Å². The van der Waals surface area contributed by atoms with Crippen LogP contribution in [0.15, 0.2) is 53.3 Å². The number of fused-ring (bicyclic) bond motifs is 1. The number of benzene rings is 2. The number of hydrogen-bond donors (Lipinski definition) is 1. The number of aliphatic carboxylic acids is 1. The molecule has 2 aromatic carbocycles. The fourth-order valence-corrected chi connectivity index (χ4v) is 3.16. The van der Waals surface area contributed by atoms with Crippen molar-refractivity contribution in [2.75, 3.05) is 13.2 Å². The summed E-state index contributed by atoms with van der Waals surface area (Å²) in [5, 5.41) is 15.0. The standard InChI is InChI=1S/C22H24N2O5/c1-3-28-20(22(26)27)14-16-8-10-17(11-9-16)29-13-12-24-21(25)19-7-5-4-6-18(19)15(2)23-24/h4-11,20H,3,12-14H2,1-2H3,(H,26,27)/t20-/m1/s1. The summed E-state index contributed by atoms with van der Waals surface area (Å²) < 4.78 is 12.4. The number of carbonyl (C=O) groups is 1. The molecule has 1 N–H and O–H groups in total. The third-order valence-electron chi connectivity index (χ3n) is 4.61. The number of nitrogens with zero attached hydrogens (tertiary/aromatic N) is 2. The quantitative estimate of drug-likeness (QED) is 0.598. The number of aryl methyl sites for hydroxylation is 1. The highest BCUT2D eigenvalue weighted by molar-refractivity contribution is 5.83. The predicted octanol–water partition coefficient (Wildman–Crippen LogP) is 2.82. The van der Waals surface area contributed by atoms with Crippen LogP contribution in [0.3, 0.4) is 0 Å². The van der Waals surface area contributed by atoms with Gasteiger partial charge in [-0.2, -0.15) is 5.10 Å². The van der Waals surface area contributed by atoms with Crippen molar-refractivity contribution in [3.63, 3.8) is 0 Å². The fraction of sp³-hybridized carbons (Fsp3) is 0.318. The van der Waals surface area contributed by atoms with Gasteiger partial charge in [-0.15, -0.1) is 0 Å². The van der Waals surface area contributed by atoms with Gasteiger partial charge in [0.1, 0.15) is 12.4 Å². The monoisotopic (exact) mass is 396 g/mol. The normalized spacial score (nSPS) is 12.1. The molecule has 0 saturated heterocycles. The number of hydrogen-bond acceptors (Lipinski definition) is 5. The molecule has 7 heteroatoms. The van der Waals surface area contributed by atoms with Gasteiger partial charge in [-0.05, 0) is 37.6 Å². The van der Waals surface area contributed by atoms with E-state index in [1.165, 1.54) is 4.68 Å². The molecule has 152 valence electrons. The predicted molar refractivity (Wildman–Crippen MR) is 109 cm³/mol. The minimum Gasteiger partial charge on any atom is -0.492 e. The topological polar surface area (TPSA) is 90.7 Å². The Hall–Kier alpha value is -3.19. The van der Waals surface area contributed by atoms with Crippen molar-refractivity contribution in [3.05, 3.63) is 70.1 Å². The molecule has 1 atom stereocenters. The van der Waals surface area contributed by atoms with Crippen LogP contribution in [0.2, 0.25) is 0 Å². The lowest BCUT2D eigenvalue weighted by Gasteiger charge is -2.13. The molecule has 0 bridgehead atoms. The van der Waals surface area contributed by atoms with E-state index in [9.17, 15) is 9.59 Å². The summed E-state index contributed by atoms with van der Waals surface area (Å²) in [6, 6.07) is 14.6. The van der Waals surface area contributed by atoms with E-state index >= 15 is 0 Å². The lowest BCUT2D eigenvalue weighted by Crippen LogP contribution is -2.26. The zero-order chi connectivity index (χ0) is 20.8. The van der Waals surface area contributed by atoms with Crippen LogP contribution in [-0.2, 0) is 22.5 Å². The minimum absolute atomic E-state index is 0.138. The van der Waals surface area contributed by atoms with Gasteiger partial charge < -0.3 is 14.6 Å². The largest absolute Gasteiger partial charge is 0.492 e.